The van der Waals surface area contributed by atoms with Crippen molar-refractivity contribution in [2.45, 2.75) is 32.6 Å². The van der Waals surface area contributed by atoms with Crippen LogP contribution in [0.5, 0.6) is 0 Å². The lowest BCUT2D eigenvalue weighted by Crippen LogP contribution is -2.20. The van der Waals surface area contributed by atoms with Crippen molar-refractivity contribution >= 4 is 22.3 Å². The summed E-state index contributed by atoms with van der Waals surface area (Å²) >= 11 is 0. The highest BCUT2D eigenvalue weighted by Crippen LogP contribution is 2.56. The Labute approximate surface area is 155 Å². The highest BCUT2D eigenvalue weighted by Gasteiger charge is 2.36. The first-order chi connectivity index (χ1) is 12.8. The first kappa shape index (κ1) is 14.6. The van der Waals surface area contributed by atoms with Gasteiger partial charge in [-0.05, 0) is 81.4 Å². The van der Waals surface area contributed by atoms with Crippen LogP contribution in [0.4, 0.5) is 0 Å². The van der Waals surface area contributed by atoms with Gasteiger partial charge in [0, 0.05) is 5.92 Å². The van der Waals surface area contributed by atoms with Gasteiger partial charge in [0.25, 0.3) is 0 Å². The first-order valence-corrected chi connectivity index (χ1v) is 9.91. The van der Waals surface area contributed by atoms with Crippen molar-refractivity contribution in [2.24, 2.45) is 5.92 Å². The van der Waals surface area contributed by atoms with Gasteiger partial charge in [-0.25, -0.2) is 0 Å². The van der Waals surface area contributed by atoms with Gasteiger partial charge in [-0.15, -0.1) is 0 Å². The Morgan fingerprint density at radius 3 is 1.50 bits per heavy atom. The molecule has 0 nitrogen and oxygen atoms in total. The molecule has 0 heterocycles. The van der Waals surface area contributed by atoms with Gasteiger partial charge < -0.3 is 0 Å². The van der Waals surface area contributed by atoms with Gasteiger partial charge in [0.15, 0.2) is 0 Å². The molecule has 0 amide bonds. The van der Waals surface area contributed by atoms with Crippen molar-refractivity contribution in [3.8, 4) is 0 Å². The van der Waals surface area contributed by atoms with Crippen LogP contribution in [0.3, 0.4) is 0 Å². The average Bonchev–Trinajstić information content (AvgIpc) is 2.68. The van der Waals surface area contributed by atoms with Gasteiger partial charge in [-0.3, -0.25) is 0 Å². The van der Waals surface area contributed by atoms with Gasteiger partial charge in [0.1, 0.15) is 0 Å². The summed E-state index contributed by atoms with van der Waals surface area (Å²) in [7, 11) is 0. The van der Waals surface area contributed by atoms with Crippen LogP contribution in [0, 0.1) is 5.92 Å². The minimum absolute atomic E-state index is 0.479. The third-order valence-electron chi connectivity index (χ3n) is 6.67. The van der Waals surface area contributed by atoms with E-state index in [0.717, 1.165) is 0 Å². The van der Waals surface area contributed by atoms with Gasteiger partial charge in [0.05, 0.1) is 0 Å². The van der Waals surface area contributed by atoms with E-state index in [0.29, 0.717) is 5.92 Å². The van der Waals surface area contributed by atoms with E-state index in [1.807, 2.05) is 0 Å². The predicted molar refractivity (Wildman–Crippen MR) is 110 cm³/mol. The molecule has 4 aliphatic carbocycles. The molecule has 2 aromatic carbocycles. The lowest BCUT2D eigenvalue weighted by Gasteiger charge is -2.39. The van der Waals surface area contributed by atoms with Crippen molar-refractivity contribution in [3.63, 3.8) is 0 Å². The standard InChI is InChI=1S/C26H22/c1-16(17-12-6-14-23-19-8-2-4-10-21(19)25(17)23)18-13-7-15-24-20-9-3-5-11-22(20)26(18)24/h2-5,8-13,16H,6-7,14-15H2,1H3. The molecule has 0 saturated heterocycles. The molecule has 0 N–H and O–H groups in total. The Bertz CT molecular complexity index is 997. The van der Waals surface area contributed by atoms with E-state index in [9.17, 15) is 0 Å². The Balaban J connectivity index is 1.41. The smallest absolute Gasteiger partial charge is 0.00672 e. The summed E-state index contributed by atoms with van der Waals surface area (Å²) in [6.45, 7) is 2.42. The Hall–Kier alpha value is -2.60. The minimum Gasteiger partial charge on any atom is -0.0797 e. The number of rotatable bonds is 2. The molecule has 0 spiro atoms. The van der Waals surface area contributed by atoms with E-state index in [-0.39, 0.29) is 0 Å². The Morgan fingerprint density at radius 2 is 1.04 bits per heavy atom. The van der Waals surface area contributed by atoms with E-state index < -0.39 is 0 Å². The zero-order valence-electron chi connectivity index (χ0n) is 15.2. The molecule has 26 heavy (non-hydrogen) atoms. The molecule has 0 unspecified atom stereocenters. The molecule has 0 saturated carbocycles. The highest BCUT2D eigenvalue weighted by molar-refractivity contribution is 6.13. The van der Waals surface area contributed by atoms with Crippen LogP contribution in [-0.2, 0) is 0 Å². The largest absolute Gasteiger partial charge is 0.0797 e. The van der Waals surface area contributed by atoms with Crippen LogP contribution >= 0.6 is 0 Å². The van der Waals surface area contributed by atoms with Crippen LogP contribution < -0.4 is 0 Å². The monoisotopic (exact) mass is 334 g/mol. The normalized spacial score (nSPS) is 19.6. The summed E-state index contributed by atoms with van der Waals surface area (Å²) in [6, 6.07) is 17.9. The Kier molecular flexibility index (Phi) is 2.91. The maximum atomic E-state index is 2.51. The fraction of sp³-hybridized carbons (Fsp3) is 0.231. The number of fused-ring (bicyclic) bond motifs is 6. The molecule has 2 aromatic rings. The fourth-order valence-corrected chi connectivity index (χ4v) is 5.48. The molecule has 0 heteroatoms. The summed E-state index contributed by atoms with van der Waals surface area (Å²) in [5.74, 6) is 0.479. The highest BCUT2D eigenvalue weighted by atomic mass is 14.4. The summed E-state index contributed by atoms with van der Waals surface area (Å²) in [4.78, 5) is 0. The van der Waals surface area contributed by atoms with Crippen molar-refractivity contribution in [2.75, 3.05) is 0 Å². The SMILES string of the molecule is CC(C1=CCCC2=C1c1ccccc12)C1=CCCC2=C1c1ccccc12. The predicted octanol–water partition coefficient (Wildman–Crippen LogP) is 6.91. The third kappa shape index (κ3) is 1.75. The van der Waals surface area contributed by atoms with Gasteiger partial charge >= 0.3 is 0 Å². The number of hydrogen-bond acceptors (Lipinski definition) is 0. The fourth-order valence-electron chi connectivity index (χ4n) is 5.48. The zero-order valence-corrected chi connectivity index (χ0v) is 15.2. The molecule has 0 aliphatic heterocycles. The molecule has 6 rings (SSSR count). The second kappa shape index (κ2) is 5.20. The molecule has 0 aromatic heterocycles. The molecule has 0 bridgehead atoms. The molecule has 0 atom stereocenters. The number of hydrogen-bond donors (Lipinski definition) is 0. The molecule has 0 radical (unpaired) electrons. The van der Waals surface area contributed by atoms with Crippen molar-refractivity contribution in [3.05, 3.63) is 94.1 Å². The van der Waals surface area contributed by atoms with Crippen LogP contribution in [0.15, 0.2) is 71.8 Å². The number of benzene rings is 2. The molecular weight excluding hydrogens is 312 g/mol. The quantitative estimate of drug-likeness (QED) is 0.559. The second-order valence-corrected chi connectivity index (χ2v) is 7.92. The Morgan fingerprint density at radius 1 is 0.615 bits per heavy atom. The van der Waals surface area contributed by atoms with Crippen molar-refractivity contribution in [1.29, 1.82) is 0 Å². The zero-order chi connectivity index (χ0) is 17.3. The van der Waals surface area contributed by atoms with E-state index >= 15 is 0 Å². The maximum absolute atomic E-state index is 2.51. The van der Waals surface area contributed by atoms with Gasteiger partial charge in [0.2, 0.25) is 0 Å². The average molecular weight is 334 g/mol. The lowest BCUT2D eigenvalue weighted by atomic mass is 9.64. The van der Waals surface area contributed by atoms with Crippen LogP contribution in [0.25, 0.3) is 22.3 Å². The lowest BCUT2D eigenvalue weighted by molar-refractivity contribution is 0.813. The summed E-state index contributed by atoms with van der Waals surface area (Å²) in [5, 5.41) is 0. The van der Waals surface area contributed by atoms with E-state index in [2.05, 4.69) is 67.6 Å². The van der Waals surface area contributed by atoms with E-state index in [1.165, 1.54) is 47.9 Å². The van der Waals surface area contributed by atoms with Crippen LogP contribution in [0.2, 0.25) is 0 Å². The van der Waals surface area contributed by atoms with E-state index in [4.69, 9.17) is 0 Å². The molecule has 0 fully saturated rings. The number of allylic oxidation sites excluding steroid dienone is 8. The van der Waals surface area contributed by atoms with E-state index in [1.54, 1.807) is 33.4 Å². The maximum Gasteiger partial charge on any atom is 0.00672 e. The van der Waals surface area contributed by atoms with Gasteiger partial charge in [-0.2, -0.15) is 0 Å². The van der Waals surface area contributed by atoms with Gasteiger partial charge in [-0.1, -0.05) is 67.6 Å². The summed E-state index contributed by atoms with van der Waals surface area (Å²) < 4.78 is 0. The molecule has 126 valence electrons. The first-order valence-electron chi connectivity index (χ1n) is 9.91. The summed E-state index contributed by atoms with van der Waals surface area (Å²) in [5.41, 5.74) is 15.4. The molecular formula is C26H22. The molecule has 4 aliphatic rings. The van der Waals surface area contributed by atoms with Crippen LogP contribution in [0.1, 0.15) is 54.9 Å². The second-order valence-electron chi connectivity index (χ2n) is 7.92. The van der Waals surface area contributed by atoms with Crippen molar-refractivity contribution in [1.82, 2.24) is 0 Å². The summed E-state index contributed by atoms with van der Waals surface area (Å²) in [6.07, 6.45) is 9.81. The topological polar surface area (TPSA) is 0 Å². The third-order valence-corrected chi connectivity index (χ3v) is 6.67. The minimum atomic E-state index is 0.479. The van der Waals surface area contributed by atoms with Crippen molar-refractivity contribution < 1.29 is 0 Å². The van der Waals surface area contributed by atoms with Crippen LogP contribution in [-0.4, -0.2) is 0 Å².